The minimum absolute atomic E-state index is 0.179. The third-order valence-electron chi connectivity index (χ3n) is 13.4. The van der Waals surface area contributed by atoms with Gasteiger partial charge < -0.3 is 43.4 Å². The van der Waals surface area contributed by atoms with Crippen LogP contribution in [0.25, 0.3) is 0 Å². The molecule has 2 N–H and O–H groups in total. The van der Waals surface area contributed by atoms with Gasteiger partial charge in [-0.25, -0.2) is 4.79 Å². The molecule has 1 aromatic rings. The number of hydrogen-bond acceptors (Lipinski definition) is 12. The first-order valence-corrected chi connectivity index (χ1v) is 16.7. The summed E-state index contributed by atoms with van der Waals surface area (Å²) in [6.45, 7) is 5.04. The van der Waals surface area contributed by atoms with Gasteiger partial charge in [-0.15, -0.1) is 0 Å². The van der Waals surface area contributed by atoms with Crippen molar-refractivity contribution in [1.82, 2.24) is 4.90 Å². The quantitative estimate of drug-likeness (QED) is 0.353. The average Bonchev–Trinajstić information content (AvgIpc) is 3.43. The number of carbonyl (C=O) groups is 2. The lowest BCUT2D eigenvalue weighted by Gasteiger charge is -2.70. The van der Waals surface area contributed by atoms with E-state index in [9.17, 15) is 19.8 Å². The number of aliphatic hydroxyl groups is 2. The summed E-state index contributed by atoms with van der Waals surface area (Å²) in [5.74, 6) is -2.10. The zero-order valence-electron chi connectivity index (χ0n) is 28.3. The standard InChI is InChI=1S/C35H49NO11/c1-8-36-16-32(17-41-3)22(38)13-23(43-5)35-21-14-33(40)24(44-6)15-34(47-18(2)37,26(29(35)36)27(45-7)28(32)35)25(21)30(33)46-31(39)19-9-11-20(42-4)12-10-19/h9-12,21-30,38,40H,8,13-17H2,1-7H3/t21-,22-,23?,24+,25-,26?,27?,28-,29?,30-,32+,33+,34-,35?/m1/s1. The van der Waals surface area contributed by atoms with Crippen LogP contribution in [-0.2, 0) is 33.2 Å². The van der Waals surface area contributed by atoms with Gasteiger partial charge >= 0.3 is 11.9 Å². The first-order chi connectivity index (χ1) is 22.5. The van der Waals surface area contributed by atoms with Crippen LogP contribution >= 0.6 is 0 Å². The number of esters is 2. The van der Waals surface area contributed by atoms with Gasteiger partial charge in [0.1, 0.15) is 23.1 Å². The van der Waals surface area contributed by atoms with Crippen molar-refractivity contribution in [2.75, 3.05) is 55.2 Å². The molecule has 0 radical (unpaired) electrons. The summed E-state index contributed by atoms with van der Waals surface area (Å²) in [6, 6.07) is 6.44. The van der Waals surface area contributed by atoms with E-state index in [1.807, 2.05) is 0 Å². The number of aliphatic hydroxyl groups excluding tert-OH is 1. The average molecular weight is 660 g/mol. The lowest BCUT2D eigenvalue weighted by Crippen LogP contribution is -2.79. The molecule has 5 saturated carbocycles. The molecule has 7 bridgehead atoms. The van der Waals surface area contributed by atoms with Gasteiger partial charge in [0, 0.05) is 89.4 Å². The summed E-state index contributed by atoms with van der Waals surface area (Å²) < 4.78 is 43.2. The summed E-state index contributed by atoms with van der Waals surface area (Å²) in [6.07, 6.45) is -2.70. The van der Waals surface area contributed by atoms with Crippen molar-refractivity contribution in [2.45, 2.75) is 80.9 Å². The number of ether oxygens (including phenoxy) is 7. The second-order valence-electron chi connectivity index (χ2n) is 14.7. The molecular weight excluding hydrogens is 610 g/mol. The number of hydrogen-bond donors (Lipinski definition) is 2. The highest BCUT2D eigenvalue weighted by atomic mass is 16.6. The summed E-state index contributed by atoms with van der Waals surface area (Å²) >= 11 is 0. The van der Waals surface area contributed by atoms with E-state index < -0.39 is 76.3 Å². The second kappa shape index (κ2) is 11.4. The van der Waals surface area contributed by atoms with Crippen molar-refractivity contribution in [3.63, 3.8) is 0 Å². The topological polar surface area (TPSA) is 142 Å². The number of benzene rings is 1. The Bertz CT molecular complexity index is 1390. The Labute approximate surface area is 275 Å². The molecule has 0 aromatic heterocycles. The van der Waals surface area contributed by atoms with E-state index in [1.54, 1.807) is 52.7 Å². The Balaban J connectivity index is 1.47. The Morgan fingerprint density at radius 2 is 1.68 bits per heavy atom. The van der Waals surface area contributed by atoms with Crippen molar-refractivity contribution < 1.29 is 53.0 Å². The van der Waals surface area contributed by atoms with E-state index in [4.69, 9.17) is 33.2 Å². The molecule has 12 heteroatoms. The van der Waals surface area contributed by atoms with Crippen molar-refractivity contribution >= 4 is 11.9 Å². The molecule has 1 spiro atoms. The summed E-state index contributed by atoms with van der Waals surface area (Å²) in [7, 11) is 8.11. The van der Waals surface area contributed by atoms with Crippen LogP contribution < -0.4 is 4.74 Å². The molecule has 6 fully saturated rings. The van der Waals surface area contributed by atoms with Gasteiger partial charge in [-0.3, -0.25) is 9.69 Å². The number of fused-ring (bicyclic) bond motifs is 2. The zero-order valence-corrected chi connectivity index (χ0v) is 28.3. The van der Waals surface area contributed by atoms with E-state index in [0.29, 0.717) is 37.4 Å². The van der Waals surface area contributed by atoms with E-state index in [0.717, 1.165) is 0 Å². The maximum Gasteiger partial charge on any atom is 0.338 e. The van der Waals surface area contributed by atoms with Gasteiger partial charge in [0.25, 0.3) is 0 Å². The normalized spacial score (nSPS) is 47.4. The highest BCUT2D eigenvalue weighted by Crippen LogP contribution is 2.80. The van der Waals surface area contributed by atoms with Crippen LogP contribution in [0.4, 0.5) is 0 Å². The predicted molar refractivity (Wildman–Crippen MR) is 166 cm³/mol. The summed E-state index contributed by atoms with van der Waals surface area (Å²) in [5.41, 5.74) is -3.89. The Morgan fingerprint density at radius 1 is 0.979 bits per heavy atom. The molecule has 12 nitrogen and oxygen atoms in total. The second-order valence-corrected chi connectivity index (χ2v) is 14.7. The van der Waals surface area contributed by atoms with Crippen LogP contribution in [0, 0.1) is 34.5 Å². The molecule has 5 aliphatic carbocycles. The molecule has 7 rings (SSSR count). The fourth-order valence-electron chi connectivity index (χ4n) is 12.4. The molecule has 47 heavy (non-hydrogen) atoms. The largest absolute Gasteiger partial charge is 0.497 e. The van der Waals surface area contributed by atoms with E-state index in [-0.39, 0.29) is 30.7 Å². The number of rotatable bonds is 10. The van der Waals surface area contributed by atoms with Crippen LogP contribution in [0.1, 0.15) is 43.5 Å². The molecule has 1 aromatic carbocycles. The number of methoxy groups -OCH3 is 5. The molecule has 1 aliphatic heterocycles. The summed E-state index contributed by atoms with van der Waals surface area (Å²) in [4.78, 5) is 29.5. The maximum absolute atomic E-state index is 13.9. The highest BCUT2D eigenvalue weighted by molar-refractivity contribution is 5.89. The first-order valence-electron chi connectivity index (χ1n) is 16.7. The van der Waals surface area contributed by atoms with Crippen molar-refractivity contribution in [3.8, 4) is 5.75 Å². The van der Waals surface area contributed by atoms with E-state index in [1.165, 1.54) is 14.0 Å². The van der Waals surface area contributed by atoms with Gasteiger partial charge in [0.05, 0.1) is 43.7 Å². The van der Waals surface area contributed by atoms with Crippen molar-refractivity contribution in [1.29, 1.82) is 0 Å². The van der Waals surface area contributed by atoms with Crippen LogP contribution in [0.5, 0.6) is 5.75 Å². The van der Waals surface area contributed by atoms with Gasteiger partial charge in [-0.05, 0) is 43.1 Å². The molecule has 1 saturated heterocycles. The minimum atomic E-state index is -1.58. The third kappa shape index (κ3) is 4.00. The van der Waals surface area contributed by atoms with E-state index >= 15 is 0 Å². The molecule has 260 valence electrons. The van der Waals surface area contributed by atoms with Gasteiger partial charge in [0.2, 0.25) is 0 Å². The van der Waals surface area contributed by atoms with Crippen LogP contribution in [-0.4, -0.2) is 130 Å². The van der Waals surface area contributed by atoms with Crippen LogP contribution in [0.15, 0.2) is 24.3 Å². The molecule has 14 atom stereocenters. The SMILES string of the molecule is CCN1C[C@]2(COC)[C@H](O)CC(OC)C34C1C(C(OC)[C@@H]32)[C@@]1(OC(C)=O)C[C@H](OC)[C@@]2(O)C[C@@H]4[C@@H]1[C@H]2OC(=O)c1ccc(OC)cc1. The lowest BCUT2D eigenvalue weighted by atomic mass is 9.42. The third-order valence-corrected chi connectivity index (χ3v) is 13.4. The number of carbonyl (C=O) groups excluding carboxylic acids is 2. The number of piperidine rings is 1. The molecular formula is C35H49NO11. The fourth-order valence-corrected chi connectivity index (χ4v) is 12.4. The monoisotopic (exact) mass is 659 g/mol. The Hall–Kier alpha value is -2.32. The fraction of sp³-hybridized carbons (Fsp3) is 0.771. The van der Waals surface area contributed by atoms with Crippen molar-refractivity contribution in [3.05, 3.63) is 29.8 Å². The zero-order chi connectivity index (χ0) is 33.7. The number of nitrogens with zero attached hydrogens (tertiary/aromatic N) is 1. The van der Waals surface area contributed by atoms with Crippen molar-refractivity contribution in [2.24, 2.45) is 34.5 Å². The van der Waals surface area contributed by atoms with E-state index in [2.05, 4.69) is 11.8 Å². The molecule has 1 heterocycles. The van der Waals surface area contributed by atoms with Gasteiger partial charge in [-0.1, -0.05) is 6.92 Å². The smallest absolute Gasteiger partial charge is 0.338 e. The van der Waals surface area contributed by atoms with Gasteiger partial charge in [-0.2, -0.15) is 0 Å². The minimum Gasteiger partial charge on any atom is -0.497 e. The summed E-state index contributed by atoms with van der Waals surface area (Å²) in [5, 5.41) is 24.8. The van der Waals surface area contributed by atoms with Crippen LogP contribution in [0.2, 0.25) is 0 Å². The van der Waals surface area contributed by atoms with Gasteiger partial charge in [0.15, 0.2) is 0 Å². The van der Waals surface area contributed by atoms with Crippen LogP contribution in [0.3, 0.4) is 0 Å². The molecule has 6 aliphatic rings. The molecule has 0 amide bonds. The number of likely N-dealkylation sites (tertiary alicyclic amines) is 1. The predicted octanol–water partition coefficient (Wildman–Crippen LogP) is 1.69. The first kappa shape index (κ1) is 33.2. The molecule has 5 unspecified atom stereocenters. The maximum atomic E-state index is 13.9. The Morgan fingerprint density at radius 3 is 2.26 bits per heavy atom. The lowest BCUT2D eigenvalue weighted by molar-refractivity contribution is -0.300. The highest BCUT2D eigenvalue weighted by Gasteiger charge is 2.90. The Kier molecular flexibility index (Phi) is 8.02.